The first-order valence-corrected chi connectivity index (χ1v) is 11.7. The number of aryl methyl sites for hydroxylation is 2. The smallest absolute Gasteiger partial charge is 0.243 e. The molecule has 1 heterocycles. The fraction of sp³-hybridized carbons (Fsp3) is 0.667. The fourth-order valence-corrected chi connectivity index (χ4v) is 5.14. The summed E-state index contributed by atoms with van der Waals surface area (Å²) in [4.78, 5) is 12.7. The van der Waals surface area contributed by atoms with Gasteiger partial charge in [0, 0.05) is 38.8 Å². The van der Waals surface area contributed by atoms with Gasteiger partial charge in [0.2, 0.25) is 15.9 Å². The minimum Gasteiger partial charge on any atom is -0.381 e. The third-order valence-electron chi connectivity index (χ3n) is 5.18. The number of carbonyl (C=O) groups excluding carboxylic acids is 1. The summed E-state index contributed by atoms with van der Waals surface area (Å²) in [6.07, 6.45) is 4.10. The van der Waals surface area contributed by atoms with Crippen molar-refractivity contribution in [3.63, 3.8) is 0 Å². The van der Waals surface area contributed by atoms with Gasteiger partial charge in [0.1, 0.15) is 0 Å². The predicted octanol–water partition coefficient (Wildman–Crippen LogP) is 3.03. The van der Waals surface area contributed by atoms with Gasteiger partial charge < -0.3 is 10.1 Å². The number of amides is 1. The van der Waals surface area contributed by atoms with Crippen molar-refractivity contribution in [3.05, 3.63) is 29.3 Å². The number of unbranched alkanes of at least 4 members (excludes halogenated alkanes) is 1. The molecule has 1 aliphatic heterocycles. The summed E-state index contributed by atoms with van der Waals surface area (Å²) in [5.41, 5.74) is 1.81. The van der Waals surface area contributed by atoms with E-state index in [1.54, 1.807) is 6.07 Å². The van der Waals surface area contributed by atoms with E-state index < -0.39 is 10.0 Å². The minimum atomic E-state index is -3.51. The lowest BCUT2D eigenvalue weighted by Gasteiger charge is -2.31. The Morgan fingerprint density at radius 2 is 1.86 bits per heavy atom. The number of sulfonamides is 1. The number of hydrogen-bond acceptors (Lipinski definition) is 4. The van der Waals surface area contributed by atoms with E-state index in [2.05, 4.69) is 12.2 Å². The number of nitrogens with zero attached hydrogens (tertiary/aromatic N) is 1. The Bertz CT molecular complexity index is 741. The van der Waals surface area contributed by atoms with E-state index in [0.29, 0.717) is 44.0 Å². The van der Waals surface area contributed by atoms with Gasteiger partial charge in [-0.1, -0.05) is 31.0 Å². The van der Waals surface area contributed by atoms with Crippen molar-refractivity contribution in [1.82, 2.24) is 9.62 Å². The van der Waals surface area contributed by atoms with Crippen molar-refractivity contribution in [2.75, 3.05) is 32.8 Å². The van der Waals surface area contributed by atoms with Crippen LogP contribution < -0.4 is 5.32 Å². The maximum absolute atomic E-state index is 12.9. The van der Waals surface area contributed by atoms with E-state index in [4.69, 9.17) is 4.74 Å². The molecular formula is C21H34N2O4S. The normalized spacial score (nSPS) is 16.2. The quantitative estimate of drug-likeness (QED) is 0.602. The molecule has 0 aromatic heterocycles. The highest BCUT2D eigenvalue weighted by molar-refractivity contribution is 7.89. The van der Waals surface area contributed by atoms with Crippen LogP contribution in [0.1, 0.15) is 50.2 Å². The molecule has 0 bridgehead atoms. The molecule has 1 saturated heterocycles. The lowest BCUT2D eigenvalue weighted by Crippen LogP contribution is -2.43. The summed E-state index contributed by atoms with van der Waals surface area (Å²) in [6.45, 7) is 8.71. The maximum atomic E-state index is 12.9. The molecule has 1 aromatic rings. The van der Waals surface area contributed by atoms with Gasteiger partial charge in [0.25, 0.3) is 0 Å². The molecule has 0 spiro atoms. The number of nitrogens with one attached hydrogen (secondary N) is 1. The predicted molar refractivity (Wildman–Crippen MR) is 111 cm³/mol. The van der Waals surface area contributed by atoms with Crippen molar-refractivity contribution in [2.24, 2.45) is 5.92 Å². The van der Waals surface area contributed by atoms with Crippen LogP contribution in [0.2, 0.25) is 0 Å². The summed E-state index contributed by atoms with van der Waals surface area (Å²) in [7, 11) is -3.51. The number of carbonyl (C=O) groups is 1. The monoisotopic (exact) mass is 410 g/mol. The molecular weight excluding hydrogens is 376 g/mol. The zero-order chi connectivity index (χ0) is 20.6. The van der Waals surface area contributed by atoms with Crippen LogP contribution in [0.5, 0.6) is 0 Å². The zero-order valence-corrected chi connectivity index (χ0v) is 18.2. The Labute approximate surface area is 169 Å². The number of benzene rings is 1. The highest BCUT2D eigenvalue weighted by atomic mass is 32.2. The molecule has 0 saturated carbocycles. The highest BCUT2D eigenvalue weighted by Gasteiger charge is 2.32. The van der Waals surface area contributed by atoms with Crippen molar-refractivity contribution in [2.45, 2.75) is 57.8 Å². The van der Waals surface area contributed by atoms with E-state index in [1.165, 1.54) is 4.31 Å². The summed E-state index contributed by atoms with van der Waals surface area (Å²) >= 11 is 0. The molecule has 1 amide bonds. The van der Waals surface area contributed by atoms with Crippen molar-refractivity contribution >= 4 is 15.9 Å². The summed E-state index contributed by atoms with van der Waals surface area (Å²) in [6, 6.07) is 5.40. The second-order valence-electron chi connectivity index (χ2n) is 7.56. The number of rotatable bonds is 10. The molecule has 0 aliphatic carbocycles. The first-order chi connectivity index (χ1) is 13.4. The summed E-state index contributed by atoms with van der Waals surface area (Å²) in [5.74, 6) is -0.0938. The van der Waals surface area contributed by atoms with Gasteiger partial charge in [-0.15, -0.1) is 0 Å². The largest absolute Gasteiger partial charge is 0.381 e. The molecule has 28 heavy (non-hydrogen) atoms. The van der Waals surface area contributed by atoms with Gasteiger partial charge in [0.15, 0.2) is 0 Å². The Morgan fingerprint density at radius 1 is 1.18 bits per heavy atom. The zero-order valence-electron chi connectivity index (χ0n) is 17.4. The standard InChI is InChI=1S/C21H34N2O4S/c1-4-5-14-27-15-6-11-22-21(24)19-9-12-23(13-10-19)28(25,26)20-8-7-17(2)16-18(20)3/h7-8,16,19H,4-6,9-15H2,1-3H3,(H,22,24). The Kier molecular flexibility index (Phi) is 8.92. The number of ether oxygens (including phenoxy) is 1. The van der Waals surface area contributed by atoms with Crippen LogP contribution in [0.4, 0.5) is 0 Å². The Balaban J connectivity index is 1.78. The van der Waals surface area contributed by atoms with Crippen LogP contribution in [0, 0.1) is 19.8 Å². The van der Waals surface area contributed by atoms with E-state index in [1.807, 2.05) is 26.0 Å². The van der Waals surface area contributed by atoms with E-state index in [9.17, 15) is 13.2 Å². The third-order valence-corrected chi connectivity index (χ3v) is 7.24. The number of hydrogen-bond donors (Lipinski definition) is 1. The van der Waals surface area contributed by atoms with Crippen LogP contribution in [-0.2, 0) is 19.6 Å². The molecule has 1 aliphatic rings. The molecule has 2 rings (SSSR count). The summed E-state index contributed by atoms with van der Waals surface area (Å²) < 4.78 is 32.8. The molecule has 0 atom stereocenters. The van der Waals surface area contributed by atoms with Crippen LogP contribution in [0.15, 0.2) is 23.1 Å². The molecule has 7 heteroatoms. The van der Waals surface area contributed by atoms with Crippen molar-refractivity contribution in [1.29, 1.82) is 0 Å². The molecule has 1 N–H and O–H groups in total. The average Bonchev–Trinajstić information content (AvgIpc) is 2.67. The first kappa shape index (κ1) is 22.8. The lowest BCUT2D eigenvalue weighted by atomic mass is 9.97. The second-order valence-corrected chi connectivity index (χ2v) is 9.46. The molecule has 6 nitrogen and oxygen atoms in total. The van der Waals surface area contributed by atoms with Gasteiger partial charge in [-0.25, -0.2) is 8.42 Å². The molecule has 1 aromatic carbocycles. The second kappa shape index (κ2) is 10.9. The van der Waals surface area contributed by atoms with Crippen LogP contribution in [0.3, 0.4) is 0 Å². The van der Waals surface area contributed by atoms with Crippen LogP contribution in [-0.4, -0.2) is 51.5 Å². The Morgan fingerprint density at radius 3 is 2.50 bits per heavy atom. The van der Waals surface area contributed by atoms with Gasteiger partial charge in [-0.3, -0.25) is 4.79 Å². The van der Waals surface area contributed by atoms with Crippen LogP contribution in [0.25, 0.3) is 0 Å². The van der Waals surface area contributed by atoms with Crippen LogP contribution >= 0.6 is 0 Å². The molecule has 1 fully saturated rings. The third kappa shape index (κ3) is 6.29. The van der Waals surface area contributed by atoms with Crippen molar-refractivity contribution in [3.8, 4) is 0 Å². The first-order valence-electron chi connectivity index (χ1n) is 10.3. The van der Waals surface area contributed by atoms with E-state index in [-0.39, 0.29) is 11.8 Å². The fourth-order valence-electron chi connectivity index (χ4n) is 3.46. The minimum absolute atomic E-state index is 0.0251. The lowest BCUT2D eigenvalue weighted by molar-refractivity contribution is -0.126. The average molecular weight is 411 g/mol. The molecule has 0 unspecified atom stereocenters. The molecule has 158 valence electrons. The van der Waals surface area contributed by atoms with E-state index in [0.717, 1.165) is 37.0 Å². The van der Waals surface area contributed by atoms with Gasteiger partial charge in [0.05, 0.1) is 4.90 Å². The summed E-state index contributed by atoms with van der Waals surface area (Å²) in [5, 5.41) is 2.96. The van der Waals surface area contributed by atoms with Gasteiger partial charge >= 0.3 is 0 Å². The Hall–Kier alpha value is -1.44. The van der Waals surface area contributed by atoms with Crippen molar-refractivity contribution < 1.29 is 17.9 Å². The van der Waals surface area contributed by atoms with E-state index >= 15 is 0 Å². The SMILES string of the molecule is CCCCOCCCNC(=O)C1CCN(S(=O)(=O)c2ccc(C)cc2C)CC1. The molecule has 0 radical (unpaired) electrons. The maximum Gasteiger partial charge on any atom is 0.243 e. The highest BCUT2D eigenvalue weighted by Crippen LogP contribution is 2.26. The van der Waals surface area contributed by atoms with Gasteiger partial charge in [-0.05, 0) is 51.2 Å². The van der Waals surface area contributed by atoms with Gasteiger partial charge in [-0.2, -0.15) is 4.31 Å². The number of piperidine rings is 1. The topological polar surface area (TPSA) is 75.7 Å².